The van der Waals surface area contributed by atoms with Gasteiger partial charge in [0.2, 0.25) is 0 Å². The molecule has 0 aromatic heterocycles. The van der Waals surface area contributed by atoms with Gasteiger partial charge in [0.05, 0.1) is 6.10 Å². The quantitative estimate of drug-likeness (QED) is 0.394. The summed E-state index contributed by atoms with van der Waals surface area (Å²) in [5.74, 6) is 0.387. The van der Waals surface area contributed by atoms with Gasteiger partial charge in [0.25, 0.3) is 0 Å². The van der Waals surface area contributed by atoms with E-state index >= 15 is 0 Å². The number of unbranched alkanes of at least 4 members (excludes halogenated alkanes) is 4. The highest BCUT2D eigenvalue weighted by atomic mass is 16.3. The van der Waals surface area contributed by atoms with Gasteiger partial charge >= 0.3 is 0 Å². The van der Waals surface area contributed by atoms with E-state index in [9.17, 15) is 5.11 Å². The largest absolute Gasteiger partial charge is 0.393 e. The molecule has 0 saturated heterocycles. The van der Waals surface area contributed by atoms with E-state index in [0.29, 0.717) is 5.92 Å². The Morgan fingerprint density at radius 3 is 2.06 bits per heavy atom. The lowest BCUT2D eigenvalue weighted by Gasteiger charge is -2.19. The fourth-order valence-corrected chi connectivity index (χ4v) is 2.08. The lowest BCUT2D eigenvalue weighted by molar-refractivity contribution is 0.112. The van der Waals surface area contributed by atoms with Gasteiger partial charge < -0.3 is 5.11 Å². The second-order valence-corrected chi connectivity index (χ2v) is 5.09. The molecule has 102 valence electrons. The van der Waals surface area contributed by atoms with Crippen molar-refractivity contribution in [3.8, 4) is 0 Å². The van der Waals surface area contributed by atoms with Crippen molar-refractivity contribution in [3.63, 3.8) is 0 Å². The van der Waals surface area contributed by atoms with Crippen LogP contribution in [0.15, 0.2) is 12.2 Å². The van der Waals surface area contributed by atoms with Gasteiger partial charge in [0.15, 0.2) is 0 Å². The molecule has 0 unspecified atom stereocenters. The number of hydrogen-bond donors (Lipinski definition) is 1. The van der Waals surface area contributed by atoms with Crippen molar-refractivity contribution in [2.45, 2.75) is 84.7 Å². The van der Waals surface area contributed by atoms with Crippen molar-refractivity contribution in [1.29, 1.82) is 0 Å². The normalized spacial score (nSPS) is 15.3. The first-order valence-corrected chi connectivity index (χ1v) is 7.60. The number of rotatable bonds is 11. The van der Waals surface area contributed by atoms with Crippen LogP contribution in [0, 0.1) is 5.92 Å². The summed E-state index contributed by atoms with van der Waals surface area (Å²) < 4.78 is 0. The van der Waals surface area contributed by atoms with Crippen LogP contribution in [0.2, 0.25) is 0 Å². The maximum absolute atomic E-state index is 10.2. The van der Waals surface area contributed by atoms with Crippen LogP contribution in [0.4, 0.5) is 0 Å². The van der Waals surface area contributed by atoms with Crippen LogP contribution < -0.4 is 0 Å². The second kappa shape index (κ2) is 12.2. The van der Waals surface area contributed by atoms with Crippen LogP contribution in [0.5, 0.6) is 0 Å². The third-order valence-electron chi connectivity index (χ3n) is 3.35. The van der Waals surface area contributed by atoms with Gasteiger partial charge in [-0.05, 0) is 19.3 Å². The number of hydrogen-bond acceptors (Lipinski definition) is 1. The minimum atomic E-state index is -0.126. The third-order valence-corrected chi connectivity index (χ3v) is 3.35. The Bertz CT molecular complexity index is 174. The van der Waals surface area contributed by atoms with E-state index in [1.165, 1.54) is 38.5 Å². The predicted octanol–water partition coefficient (Wildman–Crippen LogP) is 5.09. The van der Waals surface area contributed by atoms with E-state index in [2.05, 4.69) is 32.9 Å². The SMILES string of the molecule is CCCC/C=C/[C@H](CCCC)[C@H](O)CCCC. The Labute approximate surface area is 108 Å². The average molecular weight is 240 g/mol. The molecule has 1 nitrogen and oxygen atoms in total. The predicted molar refractivity (Wildman–Crippen MR) is 77.2 cm³/mol. The highest BCUT2D eigenvalue weighted by Crippen LogP contribution is 2.19. The number of aliphatic hydroxyl groups is 1. The number of allylic oxidation sites excluding steroid dienone is 1. The molecule has 0 amide bonds. The van der Waals surface area contributed by atoms with Crippen molar-refractivity contribution in [2.75, 3.05) is 0 Å². The van der Waals surface area contributed by atoms with Gasteiger partial charge in [0.1, 0.15) is 0 Å². The summed E-state index contributed by atoms with van der Waals surface area (Å²) in [4.78, 5) is 0. The van der Waals surface area contributed by atoms with Gasteiger partial charge in [-0.15, -0.1) is 0 Å². The van der Waals surface area contributed by atoms with Crippen molar-refractivity contribution in [1.82, 2.24) is 0 Å². The monoisotopic (exact) mass is 240 g/mol. The van der Waals surface area contributed by atoms with Crippen LogP contribution in [0.1, 0.15) is 78.6 Å². The lowest BCUT2D eigenvalue weighted by atomic mass is 9.92. The van der Waals surface area contributed by atoms with E-state index in [4.69, 9.17) is 0 Å². The Hall–Kier alpha value is -0.300. The van der Waals surface area contributed by atoms with E-state index in [0.717, 1.165) is 19.3 Å². The maximum atomic E-state index is 10.2. The minimum absolute atomic E-state index is 0.126. The van der Waals surface area contributed by atoms with Gasteiger partial charge in [-0.2, -0.15) is 0 Å². The Morgan fingerprint density at radius 2 is 1.47 bits per heavy atom. The lowest BCUT2D eigenvalue weighted by Crippen LogP contribution is -2.18. The Morgan fingerprint density at radius 1 is 0.882 bits per heavy atom. The molecule has 1 N–H and O–H groups in total. The number of aliphatic hydroxyl groups excluding tert-OH is 1. The topological polar surface area (TPSA) is 20.2 Å². The molecule has 0 aliphatic rings. The molecule has 0 fully saturated rings. The van der Waals surface area contributed by atoms with E-state index in [-0.39, 0.29) is 6.10 Å². The molecule has 0 aromatic carbocycles. The third kappa shape index (κ3) is 9.41. The molecule has 2 atom stereocenters. The summed E-state index contributed by atoms with van der Waals surface area (Å²) in [5, 5.41) is 10.2. The van der Waals surface area contributed by atoms with E-state index in [1.807, 2.05) is 0 Å². The van der Waals surface area contributed by atoms with Crippen LogP contribution in [-0.2, 0) is 0 Å². The highest BCUT2D eigenvalue weighted by Gasteiger charge is 2.14. The van der Waals surface area contributed by atoms with Gasteiger partial charge in [0, 0.05) is 5.92 Å². The summed E-state index contributed by atoms with van der Waals surface area (Å²) in [6.45, 7) is 6.62. The summed E-state index contributed by atoms with van der Waals surface area (Å²) in [7, 11) is 0. The zero-order chi connectivity index (χ0) is 12.9. The molecule has 1 heteroatoms. The average Bonchev–Trinajstić information content (AvgIpc) is 2.35. The first-order valence-electron chi connectivity index (χ1n) is 7.60. The molecular weight excluding hydrogens is 208 g/mol. The van der Waals surface area contributed by atoms with Gasteiger partial charge in [-0.3, -0.25) is 0 Å². The van der Waals surface area contributed by atoms with Gasteiger partial charge in [-0.25, -0.2) is 0 Å². The molecule has 0 heterocycles. The molecule has 17 heavy (non-hydrogen) atoms. The first kappa shape index (κ1) is 16.7. The minimum Gasteiger partial charge on any atom is -0.393 e. The molecule has 0 rings (SSSR count). The van der Waals surface area contributed by atoms with Crippen molar-refractivity contribution in [3.05, 3.63) is 12.2 Å². The van der Waals surface area contributed by atoms with Crippen LogP contribution in [-0.4, -0.2) is 11.2 Å². The zero-order valence-electron chi connectivity index (χ0n) is 12.1. The molecule has 0 bridgehead atoms. The standard InChI is InChI=1S/C16H32O/c1-4-7-10-11-13-15(12-8-5-2)16(17)14-9-6-3/h11,13,15-17H,4-10,12,14H2,1-3H3/b13-11+/t15-,16+/m0/s1. The Kier molecular flexibility index (Phi) is 12.0. The fraction of sp³-hybridized carbons (Fsp3) is 0.875. The highest BCUT2D eigenvalue weighted by molar-refractivity contribution is 4.91. The summed E-state index contributed by atoms with van der Waals surface area (Å²) in [6.07, 6.45) is 15.0. The molecule has 0 saturated carbocycles. The maximum Gasteiger partial charge on any atom is 0.0602 e. The van der Waals surface area contributed by atoms with Crippen LogP contribution in [0.3, 0.4) is 0 Å². The molecule has 0 aromatic rings. The van der Waals surface area contributed by atoms with Crippen molar-refractivity contribution < 1.29 is 5.11 Å². The molecule has 0 spiro atoms. The smallest absolute Gasteiger partial charge is 0.0602 e. The van der Waals surface area contributed by atoms with Gasteiger partial charge in [-0.1, -0.05) is 71.4 Å². The van der Waals surface area contributed by atoms with E-state index < -0.39 is 0 Å². The first-order chi connectivity index (χ1) is 8.26. The summed E-state index contributed by atoms with van der Waals surface area (Å²) >= 11 is 0. The summed E-state index contributed by atoms with van der Waals surface area (Å²) in [6, 6.07) is 0. The molecule has 0 aliphatic carbocycles. The summed E-state index contributed by atoms with van der Waals surface area (Å²) in [5.41, 5.74) is 0. The fourth-order valence-electron chi connectivity index (χ4n) is 2.08. The second-order valence-electron chi connectivity index (χ2n) is 5.09. The van der Waals surface area contributed by atoms with Crippen LogP contribution in [0.25, 0.3) is 0 Å². The van der Waals surface area contributed by atoms with E-state index in [1.54, 1.807) is 0 Å². The zero-order valence-corrected chi connectivity index (χ0v) is 12.1. The molecular formula is C16H32O. The molecule has 0 radical (unpaired) electrons. The molecule has 0 aliphatic heterocycles. The van der Waals surface area contributed by atoms with Crippen LogP contribution >= 0.6 is 0 Å². The Balaban J connectivity index is 4.05. The van der Waals surface area contributed by atoms with Crippen molar-refractivity contribution >= 4 is 0 Å². The van der Waals surface area contributed by atoms with Crippen molar-refractivity contribution in [2.24, 2.45) is 5.92 Å².